The van der Waals surface area contributed by atoms with Crippen molar-refractivity contribution in [3.05, 3.63) is 29.3 Å². The summed E-state index contributed by atoms with van der Waals surface area (Å²) in [6.45, 7) is 11.0. The molecule has 19 heavy (non-hydrogen) atoms. The van der Waals surface area contributed by atoms with Gasteiger partial charge in [0.2, 0.25) is 0 Å². The highest BCUT2D eigenvalue weighted by Gasteiger charge is 2.18. The van der Waals surface area contributed by atoms with E-state index in [4.69, 9.17) is 4.74 Å². The molecule has 106 valence electrons. The molecule has 1 aromatic carbocycles. The summed E-state index contributed by atoms with van der Waals surface area (Å²) in [6.07, 6.45) is 3.64. The summed E-state index contributed by atoms with van der Waals surface area (Å²) < 4.78 is 5.54. The molecular formula is C17H27NO. The van der Waals surface area contributed by atoms with Crippen LogP contribution in [0.5, 0.6) is 5.75 Å². The van der Waals surface area contributed by atoms with Gasteiger partial charge in [-0.25, -0.2) is 0 Å². The van der Waals surface area contributed by atoms with Gasteiger partial charge in [0.15, 0.2) is 0 Å². The van der Waals surface area contributed by atoms with E-state index >= 15 is 0 Å². The van der Waals surface area contributed by atoms with Crippen LogP contribution < -0.4 is 4.74 Å². The van der Waals surface area contributed by atoms with Gasteiger partial charge in [-0.2, -0.15) is 0 Å². The predicted octanol–water partition coefficient (Wildman–Crippen LogP) is 3.53. The second-order valence-electron chi connectivity index (χ2n) is 5.48. The van der Waals surface area contributed by atoms with E-state index < -0.39 is 0 Å². The molecule has 0 spiro atoms. The number of nitrogens with zero attached hydrogens (tertiary/aromatic N) is 1. The van der Waals surface area contributed by atoms with Crippen molar-refractivity contribution < 1.29 is 4.74 Å². The van der Waals surface area contributed by atoms with Crippen LogP contribution >= 0.6 is 0 Å². The van der Waals surface area contributed by atoms with Gasteiger partial charge in [0, 0.05) is 19.5 Å². The molecular weight excluding hydrogens is 234 g/mol. The molecule has 2 aliphatic heterocycles. The Kier molecular flexibility index (Phi) is 5.26. The Bertz CT molecular complexity index is 402. The standard InChI is InChI=1S/C15H21NO.C2H6/c1-12-4-7-16(11-12)8-5-13-2-3-15-14(10-13)6-9-17-15;1-2/h2-3,10,12H,4-9,11H2,1H3;1-2H3/t12-;/m1./s1. The zero-order valence-corrected chi connectivity index (χ0v) is 12.6. The fraction of sp³-hybridized carbons (Fsp3) is 0.647. The third-order valence-electron chi connectivity index (χ3n) is 3.98. The fourth-order valence-corrected chi connectivity index (χ4v) is 2.91. The molecule has 0 unspecified atom stereocenters. The Morgan fingerprint density at radius 3 is 2.89 bits per heavy atom. The lowest BCUT2D eigenvalue weighted by atomic mass is 10.1. The van der Waals surface area contributed by atoms with Crippen molar-refractivity contribution in [1.29, 1.82) is 0 Å². The third-order valence-corrected chi connectivity index (χ3v) is 3.98. The highest BCUT2D eigenvalue weighted by atomic mass is 16.5. The summed E-state index contributed by atoms with van der Waals surface area (Å²) in [5.74, 6) is 1.99. The van der Waals surface area contributed by atoms with E-state index in [0.29, 0.717) is 0 Å². The van der Waals surface area contributed by atoms with Gasteiger partial charge in [0.05, 0.1) is 6.61 Å². The summed E-state index contributed by atoms with van der Waals surface area (Å²) in [4.78, 5) is 2.59. The third kappa shape index (κ3) is 3.73. The highest BCUT2D eigenvalue weighted by molar-refractivity contribution is 5.39. The van der Waals surface area contributed by atoms with Crippen LogP contribution in [-0.2, 0) is 12.8 Å². The van der Waals surface area contributed by atoms with Crippen LogP contribution in [0.15, 0.2) is 18.2 Å². The van der Waals surface area contributed by atoms with Gasteiger partial charge in [0.1, 0.15) is 5.75 Å². The normalized spacial score (nSPS) is 21.5. The van der Waals surface area contributed by atoms with Crippen LogP contribution in [0.2, 0.25) is 0 Å². The number of fused-ring (bicyclic) bond motifs is 1. The molecule has 0 saturated carbocycles. The molecule has 0 N–H and O–H groups in total. The van der Waals surface area contributed by atoms with E-state index in [9.17, 15) is 0 Å². The maximum Gasteiger partial charge on any atom is 0.122 e. The van der Waals surface area contributed by atoms with Crippen molar-refractivity contribution in [1.82, 2.24) is 4.90 Å². The highest BCUT2D eigenvalue weighted by Crippen LogP contribution is 2.26. The summed E-state index contributed by atoms with van der Waals surface area (Å²) >= 11 is 0. The Balaban J connectivity index is 0.000000637. The smallest absolute Gasteiger partial charge is 0.122 e. The monoisotopic (exact) mass is 261 g/mol. The van der Waals surface area contributed by atoms with Crippen LogP contribution in [0.1, 0.15) is 38.3 Å². The quantitative estimate of drug-likeness (QED) is 0.825. The Morgan fingerprint density at radius 2 is 2.16 bits per heavy atom. The number of benzene rings is 1. The molecule has 0 aliphatic carbocycles. The molecule has 2 aliphatic rings. The van der Waals surface area contributed by atoms with E-state index in [2.05, 4.69) is 30.0 Å². The van der Waals surface area contributed by atoms with Crippen molar-refractivity contribution in [2.24, 2.45) is 5.92 Å². The number of rotatable bonds is 3. The number of hydrogen-bond acceptors (Lipinski definition) is 2. The summed E-state index contributed by atoms with van der Waals surface area (Å²) in [5.41, 5.74) is 2.87. The van der Waals surface area contributed by atoms with Crippen LogP contribution in [0.4, 0.5) is 0 Å². The van der Waals surface area contributed by atoms with Crippen molar-refractivity contribution in [2.45, 2.75) is 40.0 Å². The molecule has 2 heteroatoms. The average Bonchev–Trinajstić information content (AvgIpc) is 3.06. The zero-order valence-electron chi connectivity index (χ0n) is 12.6. The van der Waals surface area contributed by atoms with E-state index in [1.807, 2.05) is 13.8 Å². The Labute approximate surface area is 117 Å². The molecule has 1 saturated heterocycles. The molecule has 1 fully saturated rings. The number of hydrogen-bond donors (Lipinski definition) is 0. The van der Waals surface area contributed by atoms with Gasteiger partial charge < -0.3 is 9.64 Å². The van der Waals surface area contributed by atoms with Crippen LogP contribution in [0, 0.1) is 5.92 Å². The second kappa shape index (κ2) is 6.95. The van der Waals surface area contributed by atoms with E-state index in [0.717, 1.165) is 24.7 Å². The number of ether oxygens (including phenoxy) is 1. The van der Waals surface area contributed by atoms with E-state index in [1.54, 1.807) is 0 Å². The van der Waals surface area contributed by atoms with Gasteiger partial charge in [0.25, 0.3) is 0 Å². The Hall–Kier alpha value is -1.02. The maximum absolute atomic E-state index is 5.54. The summed E-state index contributed by atoms with van der Waals surface area (Å²) in [6, 6.07) is 6.70. The molecule has 0 radical (unpaired) electrons. The first-order valence-corrected chi connectivity index (χ1v) is 7.78. The Morgan fingerprint density at radius 1 is 1.32 bits per heavy atom. The summed E-state index contributed by atoms with van der Waals surface area (Å²) in [5, 5.41) is 0. The molecule has 2 nitrogen and oxygen atoms in total. The minimum atomic E-state index is 0.864. The molecule has 0 bridgehead atoms. The first kappa shape index (κ1) is 14.4. The first-order chi connectivity index (χ1) is 9.31. The van der Waals surface area contributed by atoms with Gasteiger partial charge in [-0.15, -0.1) is 0 Å². The van der Waals surface area contributed by atoms with Crippen LogP contribution in [0.25, 0.3) is 0 Å². The maximum atomic E-state index is 5.54. The lowest BCUT2D eigenvalue weighted by molar-refractivity contribution is 0.332. The SMILES string of the molecule is CC.C[C@@H]1CCN(CCc2ccc3c(c2)CCO3)C1. The van der Waals surface area contributed by atoms with Crippen molar-refractivity contribution in [3.63, 3.8) is 0 Å². The number of likely N-dealkylation sites (tertiary alicyclic amines) is 1. The van der Waals surface area contributed by atoms with Crippen LogP contribution in [-0.4, -0.2) is 31.1 Å². The van der Waals surface area contributed by atoms with Crippen LogP contribution in [0.3, 0.4) is 0 Å². The van der Waals surface area contributed by atoms with Crippen molar-refractivity contribution >= 4 is 0 Å². The van der Waals surface area contributed by atoms with Gasteiger partial charge >= 0.3 is 0 Å². The molecule has 1 atom stereocenters. The minimum absolute atomic E-state index is 0.864. The van der Waals surface area contributed by atoms with Gasteiger partial charge in [-0.05, 0) is 42.5 Å². The molecule has 1 aromatic rings. The first-order valence-electron chi connectivity index (χ1n) is 7.78. The largest absolute Gasteiger partial charge is 0.493 e. The molecule has 3 rings (SSSR count). The van der Waals surface area contributed by atoms with Gasteiger partial charge in [-0.3, -0.25) is 0 Å². The molecule has 0 amide bonds. The van der Waals surface area contributed by atoms with Gasteiger partial charge in [-0.1, -0.05) is 32.9 Å². The lowest BCUT2D eigenvalue weighted by Gasteiger charge is -2.15. The van der Waals surface area contributed by atoms with Crippen molar-refractivity contribution in [2.75, 3.05) is 26.2 Å². The predicted molar refractivity (Wildman–Crippen MR) is 80.9 cm³/mol. The van der Waals surface area contributed by atoms with E-state index in [-0.39, 0.29) is 0 Å². The van der Waals surface area contributed by atoms with E-state index in [1.165, 1.54) is 43.6 Å². The average molecular weight is 261 g/mol. The minimum Gasteiger partial charge on any atom is -0.493 e. The topological polar surface area (TPSA) is 12.5 Å². The van der Waals surface area contributed by atoms with Crippen molar-refractivity contribution in [3.8, 4) is 5.75 Å². The summed E-state index contributed by atoms with van der Waals surface area (Å²) in [7, 11) is 0. The fourth-order valence-electron chi connectivity index (χ4n) is 2.91. The second-order valence-corrected chi connectivity index (χ2v) is 5.48. The molecule has 2 heterocycles. The lowest BCUT2D eigenvalue weighted by Crippen LogP contribution is -2.23. The zero-order chi connectivity index (χ0) is 13.7. The molecule has 0 aromatic heterocycles.